The Kier molecular flexibility index (Phi) is 5.23. The van der Waals surface area contributed by atoms with E-state index in [0.29, 0.717) is 18.6 Å². The second-order valence-electron chi connectivity index (χ2n) is 4.57. The predicted octanol–water partition coefficient (Wildman–Crippen LogP) is 1.16. The topological polar surface area (TPSA) is 38.3 Å². The summed E-state index contributed by atoms with van der Waals surface area (Å²) in [6.07, 6.45) is 0.970. The molecule has 0 radical (unpaired) electrons. The third-order valence-corrected chi connectivity index (χ3v) is 5.62. The van der Waals surface area contributed by atoms with Gasteiger partial charge in [-0.15, -0.1) is 0 Å². The Hall–Kier alpha value is 0.0700. The molecule has 1 N–H and O–H groups in total. The predicted molar refractivity (Wildman–Crippen MR) is 64.5 cm³/mol. The molecule has 4 atom stereocenters. The van der Waals surface area contributed by atoms with Crippen LogP contribution >= 0.6 is 0 Å². The molecule has 1 heterocycles. The first-order valence-corrected chi connectivity index (χ1v) is 7.00. The highest BCUT2D eigenvalue weighted by Gasteiger charge is 2.32. The quantitative estimate of drug-likeness (QED) is 0.792. The van der Waals surface area contributed by atoms with E-state index in [4.69, 9.17) is 4.74 Å². The molecule has 90 valence electrons. The average molecular weight is 233 g/mol. The Morgan fingerprint density at radius 2 is 2.07 bits per heavy atom. The van der Waals surface area contributed by atoms with Gasteiger partial charge in [0.15, 0.2) is 0 Å². The van der Waals surface area contributed by atoms with E-state index in [1.807, 2.05) is 7.05 Å². The van der Waals surface area contributed by atoms with Gasteiger partial charge in [-0.1, -0.05) is 20.8 Å². The summed E-state index contributed by atoms with van der Waals surface area (Å²) in [6.45, 7) is 7.74. The first-order valence-electron chi connectivity index (χ1n) is 5.72. The number of hydrogen-bond donors (Lipinski definition) is 1. The zero-order chi connectivity index (χ0) is 11.4. The van der Waals surface area contributed by atoms with Crippen LogP contribution in [0.2, 0.25) is 0 Å². The lowest BCUT2D eigenvalue weighted by molar-refractivity contribution is 0.0835. The van der Waals surface area contributed by atoms with Gasteiger partial charge < -0.3 is 10.1 Å². The summed E-state index contributed by atoms with van der Waals surface area (Å²) in [5.41, 5.74) is 0. The zero-order valence-electron chi connectivity index (χ0n) is 10.2. The van der Waals surface area contributed by atoms with Crippen molar-refractivity contribution in [1.82, 2.24) is 5.32 Å². The van der Waals surface area contributed by atoms with Gasteiger partial charge in [-0.2, -0.15) is 0 Å². The van der Waals surface area contributed by atoms with E-state index in [1.54, 1.807) is 0 Å². The lowest BCUT2D eigenvalue weighted by Crippen LogP contribution is -2.49. The molecule has 0 saturated carbocycles. The van der Waals surface area contributed by atoms with Crippen molar-refractivity contribution >= 4 is 10.8 Å². The smallest absolute Gasteiger partial charge is 0.0738 e. The van der Waals surface area contributed by atoms with Crippen molar-refractivity contribution in [3.05, 3.63) is 0 Å². The van der Waals surface area contributed by atoms with Crippen LogP contribution in [-0.2, 0) is 15.5 Å². The van der Waals surface area contributed by atoms with Gasteiger partial charge >= 0.3 is 0 Å². The van der Waals surface area contributed by atoms with Gasteiger partial charge in [-0.3, -0.25) is 4.21 Å². The Morgan fingerprint density at radius 1 is 1.40 bits per heavy atom. The van der Waals surface area contributed by atoms with Crippen molar-refractivity contribution in [2.24, 2.45) is 5.92 Å². The third kappa shape index (κ3) is 3.26. The van der Waals surface area contributed by atoms with E-state index >= 15 is 0 Å². The highest BCUT2D eigenvalue weighted by atomic mass is 32.2. The first kappa shape index (κ1) is 13.1. The van der Waals surface area contributed by atoms with Crippen LogP contribution < -0.4 is 5.32 Å². The molecular formula is C11H23NO2S. The fourth-order valence-corrected chi connectivity index (χ4v) is 3.73. The second kappa shape index (κ2) is 5.97. The maximum Gasteiger partial charge on any atom is 0.0738 e. The Bertz CT molecular complexity index is 221. The fraction of sp³-hybridized carbons (Fsp3) is 1.00. The van der Waals surface area contributed by atoms with Gasteiger partial charge in [-0.25, -0.2) is 0 Å². The molecule has 1 aliphatic heterocycles. The van der Waals surface area contributed by atoms with Gasteiger partial charge in [0, 0.05) is 28.7 Å². The minimum Gasteiger partial charge on any atom is -0.380 e. The maximum atomic E-state index is 12.3. The first-order chi connectivity index (χ1) is 7.07. The SMILES string of the molecule is CNC1CCOCC1S(=O)C(C)C(C)C. The van der Waals surface area contributed by atoms with Crippen molar-refractivity contribution in [2.75, 3.05) is 20.3 Å². The summed E-state index contributed by atoms with van der Waals surface area (Å²) in [7, 11) is 1.15. The van der Waals surface area contributed by atoms with Crippen LogP contribution in [-0.4, -0.2) is 41.0 Å². The largest absolute Gasteiger partial charge is 0.380 e. The van der Waals surface area contributed by atoms with Crippen LogP contribution in [0.15, 0.2) is 0 Å². The van der Waals surface area contributed by atoms with Crippen molar-refractivity contribution in [3.63, 3.8) is 0 Å². The van der Waals surface area contributed by atoms with E-state index in [9.17, 15) is 4.21 Å². The van der Waals surface area contributed by atoms with Crippen LogP contribution in [0.25, 0.3) is 0 Å². The third-order valence-electron chi connectivity index (χ3n) is 3.28. The lowest BCUT2D eigenvalue weighted by atomic mass is 10.1. The van der Waals surface area contributed by atoms with Crippen molar-refractivity contribution in [3.8, 4) is 0 Å². The Labute approximate surface area is 95.4 Å². The average Bonchev–Trinajstić information content (AvgIpc) is 2.26. The van der Waals surface area contributed by atoms with Crippen molar-refractivity contribution in [1.29, 1.82) is 0 Å². The molecule has 0 amide bonds. The fourth-order valence-electron chi connectivity index (χ4n) is 1.81. The molecule has 1 saturated heterocycles. The van der Waals surface area contributed by atoms with Gasteiger partial charge in [0.05, 0.1) is 11.9 Å². The molecule has 0 aromatic rings. The summed E-state index contributed by atoms with van der Waals surface area (Å²) in [6, 6.07) is 0.348. The van der Waals surface area contributed by atoms with Crippen LogP contribution in [0.3, 0.4) is 0 Å². The molecule has 0 aromatic carbocycles. The van der Waals surface area contributed by atoms with Crippen molar-refractivity contribution < 1.29 is 8.95 Å². The summed E-state index contributed by atoms with van der Waals surface area (Å²) in [5, 5.41) is 3.65. The molecule has 0 aliphatic carbocycles. The highest BCUT2D eigenvalue weighted by Crippen LogP contribution is 2.19. The number of hydrogen-bond acceptors (Lipinski definition) is 3. The zero-order valence-corrected chi connectivity index (χ0v) is 11.0. The van der Waals surface area contributed by atoms with Crippen molar-refractivity contribution in [2.45, 2.75) is 43.7 Å². The van der Waals surface area contributed by atoms with E-state index in [0.717, 1.165) is 13.0 Å². The monoisotopic (exact) mass is 233 g/mol. The molecule has 3 nitrogen and oxygen atoms in total. The minimum atomic E-state index is -0.799. The van der Waals surface area contributed by atoms with E-state index < -0.39 is 10.8 Å². The van der Waals surface area contributed by atoms with Gasteiger partial charge in [0.1, 0.15) is 0 Å². The molecule has 1 fully saturated rings. The van der Waals surface area contributed by atoms with Gasteiger partial charge in [0.2, 0.25) is 0 Å². The molecule has 15 heavy (non-hydrogen) atoms. The lowest BCUT2D eigenvalue weighted by Gasteiger charge is -2.33. The minimum absolute atomic E-state index is 0.154. The summed E-state index contributed by atoms with van der Waals surface area (Å²) >= 11 is 0. The van der Waals surface area contributed by atoms with E-state index in [2.05, 4.69) is 26.1 Å². The van der Waals surface area contributed by atoms with Crippen LogP contribution in [0.1, 0.15) is 27.2 Å². The molecule has 0 aromatic heterocycles. The van der Waals surface area contributed by atoms with Gasteiger partial charge in [-0.05, 0) is 19.4 Å². The molecule has 1 rings (SSSR count). The van der Waals surface area contributed by atoms with Crippen LogP contribution in [0.4, 0.5) is 0 Å². The molecule has 0 spiro atoms. The molecular weight excluding hydrogens is 210 g/mol. The van der Waals surface area contributed by atoms with E-state index in [-0.39, 0.29) is 10.5 Å². The number of ether oxygens (including phenoxy) is 1. The van der Waals surface area contributed by atoms with Gasteiger partial charge in [0.25, 0.3) is 0 Å². The van der Waals surface area contributed by atoms with Crippen LogP contribution in [0.5, 0.6) is 0 Å². The maximum absolute atomic E-state index is 12.3. The highest BCUT2D eigenvalue weighted by molar-refractivity contribution is 7.86. The molecule has 4 unspecified atom stereocenters. The molecule has 4 heteroatoms. The standard InChI is InChI=1S/C11H23NO2S/c1-8(2)9(3)15(13)11-7-14-6-5-10(11)12-4/h8-12H,5-7H2,1-4H3. The van der Waals surface area contributed by atoms with E-state index in [1.165, 1.54) is 0 Å². The number of rotatable bonds is 4. The van der Waals surface area contributed by atoms with Crippen LogP contribution in [0, 0.1) is 5.92 Å². The summed E-state index contributed by atoms with van der Waals surface area (Å²) in [4.78, 5) is 0. The number of nitrogens with one attached hydrogen (secondary N) is 1. The summed E-state index contributed by atoms with van der Waals surface area (Å²) in [5.74, 6) is 0.463. The Morgan fingerprint density at radius 3 is 2.60 bits per heavy atom. The molecule has 0 bridgehead atoms. The molecule has 1 aliphatic rings. The summed E-state index contributed by atoms with van der Waals surface area (Å²) < 4.78 is 17.7. The normalized spacial score (nSPS) is 31.5. The Balaban J connectivity index is 2.63. The second-order valence-corrected chi connectivity index (χ2v) is 6.58.